The minimum Gasteiger partial charge on any atom is -0.490 e. The molecule has 1 aromatic carbocycles. The molecule has 2 aliphatic carbocycles. The largest absolute Gasteiger partial charge is 0.490 e. The van der Waals surface area contributed by atoms with Crippen LogP contribution in [-0.2, 0) is 0 Å². The van der Waals surface area contributed by atoms with Crippen LogP contribution in [0, 0.1) is 12.3 Å². The summed E-state index contributed by atoms with van der Waals surface area (Å²) < 4.78 is 6.37. The molecule has 0 bridgehead atoms. The van der Waals surface area contributed by atoms with Crippen LogP contribution in [-0.4, -0.2) is 18.7 Å². The van der Waals surface area contributed by atoms with Gasteiger partial charge in [-0.1, -0.05) is 43.9 Å². The molecule has 2 atom stereocenters. The van der Waals surface area contributed by atoms with E-state index < -0.39 is 0 Å². The van der Waals surface area contributed by atoms with Crippen LogP contribution < -0.4 is 10.1 Å². The summed E-state index contributed by atoms with van der Waals surface area (Å²) in [5.41, 5.74) is 1.70. The fourth-order valence-corrected chi connectivity index (χ4v) is 4.18. The van der Waals surface area contributed by atoms with Gasteiger partial charge in [0.1, 0.15) is 11.9 Å². The zero-order valence-corrected chi connectivity index (χ0v) is 13.5. The summed E-state index contributed by atoms with van der Waals surface area (Å²) in [5.74, 6) is 1.05. The van der Waals surface area contributed by atoms with E-state index in [9.17, 15) is 0 Å². The van der Waals surface area contributed by atoms with Crippen molar-refractivity contribution in [1.29, 1.82) is 0 Å². The van der Waals surface area contributed by atoms with Gasteiger partial charge in [-0.05, 0) is 44.9 Å². The fourth-order valence-electron chi connectivity index (χ4n) is 4.18. The molecule has 0 saturated heterocycles. The maximum Gasteiger partial charge on any atom is 0.119 e. The average molecular weight is 287 g/mol. The number of nitrogens with one attached hydrogen (secondary N) is 1. The van der Waals surface area contributed by atoms with Gasteiger partial charge in [0.2, 0.25) is 0 Å². The van der Waals surface area contributed by atoms with E-state index in [4.69, 9.17) is 4.74 Å². The van der Waals surface area contributed by atoms with Gasteiger partial charge in [-0.3, -0.25) is 0 Å². The van der Waals surface area contributed by atoms with Crippen molar-refractivity contribution in [3.05, 3.63) is 29.8 Å². The third kappa shape index (κ3) is 2.96. The van der Waals surface area contributed by atoms with Gasteiger partial charge in [-0.15, -0.1) is 0 Å². The maximum atomic E-state index is 6.37. The van der Waals surface area contributed by atoms with Crippen LogP contribution in [0.4, 0.5) is 0 Å². The van der Waals surface area contributed by atoms with Crippen LogP contribution in [0.3, 0.4) is 0 Å². The summed E-state index contributed by atoms with van der Waals surface area (Å²) in [5, 5.41) is 3.77. The Morgan fingerprint density at radius 1 is 1.14 bits per heavy atom. The highest BCUT2D eigenvalue weighted by atomic mass is 16.5. The Labute approximate surface area is 129 Å². The molecule has 1 spiro atoms. The van der Waals surface area contributed by atoms with Gasteiger partial charge >= 0.3 is 0 Å². The lowest BCUT2D eigenvalue weighted by molar-refractivity contribution is -0.103. The quantitative estimate of drug-likeness (QED) is 0.863. The summed E-state index contributed by atoms with van der Waals surface area (Å²) >= 11 is 0. The molecule has 0 heterocycles. The molecule has 2 fully saturated rings. The van der Waals surface area contributed by atoms with E-state index in [2.05, 4.69) is 43.4 Å². The topological polar surface area (TPSA) is 21.3 Å². The molecule has 3 rings (SSSR count). The summed E-state index contributed by atoms with van der Waals surface area (Å²) in [7, 11) is 0. The van der Waals surface area contributed by atoms with E-state index >= 15 is 0 Å². The fraction of sp³-hybridized carbons (Fsp3) is 0.684. The minimum atomic E-state index is 0.401. The molecule has 1 aromatic rings. The van der Waals surface area contributed by atoms with Crippen molar-refractivity contribution >= 4 is 0 Å². The molecule has 0 aliphatic heterocycles. The highest BCUT2D eigenvalue weighted by molar-refractivity contribution is 5.27. The number of benzene rings is 1. The van der Waals surface area contributed by atoms with Gasteiger partial charge < -0.3 is 10.1 Å². The summed E-state index contributed by atoms with van der Waals surface area (Å²) in [6, 6.07) is 9.22. The van der Waals surface area contributed by atoms with Gasteiger partial charge in [0, 0.05) is 17.9 Å². The summed E-state index contributed by atoms with van der Waals surface area (Å²) in [6.07, 6.45) is 9.63. The molecule has 2 unspecified atom stereocenters. The lowest BCUT2D eigenvalue weighted by Gasteiger charge is -2.57. The van der Waals surface area contributed by atoms with E-state index in [1.165, 1.54) is 50.5 Å². The monoisotopic (exact) mass is 287 g/mol. The van der Waals surface area contributed by atoms with Gasteiger partial charge in [-0.2, -0.15) is 0 Å². The van der Waals surface area contributed by atoms with E-state index in [-0.39, 0.29) is 0 Å². The van der Waals surface area contributed by atoms with Crippen LogP contribution in [0.5, 0.6) is 5.75 Å². The molecule has 0 amide bonds. The van der Waals surface area contributed by atoms with Crippen LogP contribution >= 0.6 is 0 Å². The molecule has 2 heteroatoms. The molecule has 2 nitrogen and oxygen atoms in total. The van der Waals surface area contributed by atoms with Crippen LogP contribution in [0.1, 0.15) is 57.4 Å². The molecule has 116 valence electrons. The number of hydrogen-bond donors (Lipinski definition) is 1. The SMILES string of the molecule is CCCNC1CC(Oc2ccc(C)cc2)C12CCCCC2. The second-order valence-corrected chi connectivity index (χ2v) is 6.96. The van der Waals surface area contributed by atoms with Crippen LogP contribution in [0.15, 0.2) is 24.3 Å². The Bertz CT molecular complexity index is 447. The molecule has 2 saturated carbocycles. The average Bonchev–Trinajstić information content (AvgIpc) is 2.53. The van der Waals surface area contributed by atoms with Crippen molar-refractivity contribution in [1.82, 2.24) is 5.32 Å². The third-order valence-electron chi connectivity index (χ3n) is 5.51. The molecule has 0 radical (unpaired) electrons. The normalized spacial score (nSPS) is 27.3. The second kappa shape index (κ2) is 6.39. The predicted octanol–water partition coefficient (Wildman–Crippen LogP) is 4.46. The van der Waals surface area contributed by atoms with Crippen molar-refractivity contribution in [2.45, 2.75) is 70.9 Å². The molecule has 2 aliphatic rings. The lowest BCUT2D eigenvalue weighted by atomic mass is 9.55. The van der Waals surface area contributed by atoms with Gasteiger partial charge in [-0.25, -0.2) is 0 Å². The Morgan fingerprint density at radius 3 is 2.52 bits per heavy atom. The van der Waals surface area contributed by atoms with Gasteiger partial charge in [0.25, 0.3) is 0 Å². The number of ether oxygens (including phenoxy) is 1. The number of rotatable bonds is 5. The van der Waals surface area contributed by atoms with Crippen molar-refractivity contribution < 1.29 is 4.74 Å². The predicted molar refractivity (Wildman–Crippen MR) is 87.8 cm³/mol. The molecule has 1 N–H and O–H groups in total. The number of aryl methyl sites for hydroxylation is 1. The van der Waals surface area contributed by atoms with Crippen molar-refractivity contribution in [2.24, 2.45) is 5.41 Å². The van der Waals surface area contributed by atoms with Crippen molar-refractivity contribution in [3.8, 4) is 5.75 Å². The first kappa shape index (κ1) is 14.9. The van der Waals surface area contributed by atoms with Crippen LogP contribution in [0.25, 0.3) is 0 Å². The van der Waals surface area contributed by atoms with E-state index in [0.717, 1.165) is 12.3 Å². The smallest absolute Gasteiger partial charge is 0.119 e. The number of hydrogen-bond acceptors (Lipinski definition) is 2. The first-order valence-corrected chi connectivity index (χ1v) is 8.71. The lowest BCUT2D eigenvalue weighted by Crippen LogP contribution is -2.65. The Hall–Kier alpha value is -1.02. The van der Waals surface area contributed by atoms with E-state index in [1.54, 1.807) is 0 Å². The Balaban J connectivity index is 1.68. The van der Waals surface area contributed by atoms with Crippen molar-refractivity contribution in [2.75, 3.05) is 6.54 Å². The van der Waals surface area contributed by atoms with Crippen molar-refractivity contribution in [3.63, 3.8) is 0 Å². The minimum absolute atomic E-state index is 0.401. The molecule has 0 aromatic heterocycles. The van der Waals surface area contributed by atoms with Crippen LogP contribution in [0.2, 0.25) is 0 Å². The summed E-state index contributed by atoms with van der Waals surface area (Å²) in [4.78, 5) is 0. The van der Waals surface area contributed by atoms with E-state index in [1.807, 2.05) is 0 Å². The highest BCUT2D eigenvalue weighted by Gasteiger charge is 2.56. The Kier molecular flexibility index (Phi) is 4.54. The second-order valence-electron chi connectivity index (χ2n) is 6.96. The molecular formula is C19H29NO. The molecule has 21 heavy (non-hydrogen) atoms. The maximum absolute atomic E-state index is 6.37. The van der Waals surface area contributed by atoms with Gasteiger partial charge in [0.05, 0.1) is 0 Å². The van der Waals surface area contributed by atoms with Gasteiger partial charge in [0.15, 0.2) is 0 Å². The standard InChI is InChI=1S/C19H29NO/c1-3-13-20-17-14-18(19(17)11-5-4-6-12-19)21-16-9-7-15(2)8-10-16/h7-10,17-18,20H,3-6,11-14H2,1-2H3. The Morgan fingerprint density at radius 2 is 1.86 bits per heavy atom. The first-order valence-electron chi connectivity index (χ1n) is 8.71. The first-order chi connectivity index (χ1) is 10.2. The zero-order valence-electron chi connectivity index (χ0n) is 13.5. The van der Waals surface area contributed by atoms with E-state index in [0.29, 0.717) is 17.6 Å². The zero-order chi connectivity index (χ0) is 14.7. The highest BCUT2D eigenvalue weighted by Crippen LogP contribution is 2.53. The third-order valence-corrected chi connectivity index (χ3v) is 5.51. The summed E-state index contributed by atoms with van der Waals surface area (Å²) in [6.45, 7) is 5.52. The molecular weight excluding hydrogens is 258 g/mol.